The zero-order valence-corrected chi connectivity index (χ0v) is 19.5. The summed E-state index contributed by atoms with van der Waals surface area (Å²) in [4.78, 5) is 18.2. The summed E-state index contributed by atoms with van der Waals surface area (Å²) in [6.07, 6.45) is 1.80. The molecule has 0 saturated carbocycles. The number of halogens is 1. The smallest absolute Gasteiger partial charge is 0.282 e. The van der Waals surface area contributed by atoms with E-state index in [1.54, 1.807) is 12.3 Å². The van der Waals surface area contributed by atoms with Gasteiger partial charge in [0.1, 0.15) is 5.82 Å². The predicted molar refractivity (Wildman–Crippen MR) is 128 cm³/mol. The Kier molecular flexibility index (Phi) is 5.14. The lowest BCUT2D eigenvalue weighted by Gasteiger charge is -2.20. The van der Waals surface area contributed by atoms with Crippen LogP contribution < -0.4 is 5.56 Å². The van der Waals surface area contributed by atoms with E-state index in [0.717, 1.165) is 27.7 Å². The molecular formula is C24H25BrN4O. The van der Waals surface area contributed by atoms with Crippen molar-refractivity contribution in [3.8, 4) is 0 Å². The Labute approximate surface area is 184 Å². The number of nitrogens with zero attached hydrogens (tertiary/aromatic N) is 4. The molecule has 30 heavy (non-hydrogen) atoms. The van der Waals surface area contributed by atoms with Gasteiger partial charge in [0.2, 0.25) is 0 Å². The molecule has 2 aromatic heterocycles. The summed E-state index contributed by atoms with van der Waals surface area (Å²) in [7, 11) is 0. The zero-order chi connectivity index (χ0) is 21.6. The topological polar surface area (TPSA) is 52.2 Å². The maximum atomic E-state index is 13.4. The van der Waals surface area contributed by atoms with Crippen molar-refractivity contribution in [3.63, 3.8) is 0 Å². The summed E-state index contributed by atoms with van der Waals surface area (Å²) < 4.78 is 4.56. The highest BCUT2D eigenvalue weighted by molar-refractivity contribution is 9.10. The molecule has 2 aromatic carbocycles. The molecule has 0 aliphatic rings. The first-order valence-electron chi connectivity index (χ1n) is 10.1. The molecule has 2 heterocycles. The van der Waals surface area contributed by atoms with Crippen molar-refractivity contribution < 1.29 is 0 Å². The maximum Gasteiger partial charge on any atom is 0.282 e. The van der Waals surface area contributed by atoms with Crippen molar-refractivity contribution in [2.75, 3.05) is 0 Å². The Morgan fingerprint density at radius 3 is 2.57 bits per heavy atom. The second-order valence-electron chi connectivity index (χ2n) is 8.47. The third-order valence-corrected chi connectivity index (χ3v) is 5.87. The lowest BCUT2D eigenvalue weighted by Crippen LogP contribution is -2.29. The third-order valence-electron chi connectivity index (χ3n) is 5.38. The van der Waals surface area contributed by atoms with Crippen LogP contribution in [0.2, 0.25) is 0 Å². The van der Waals surface area contributed by atoms with Crippen LogP contribution in [-0.4, -0.2) is 20.4 Å². The van der Waals surface area contributed by atoms with Gasteiger partial charge in [0.05, 0.1) is 17.1 Å². The van der Waals surface area contributed by atoms with Crippen molar-refractivity contribution in [1.29, 1.82) is 0 Å². The standard InChI is InChI=1S/C24H25BrN4O/c1-6-28-15(2)19(17-9-7-8-10-21(17)28)14-26-29-22(30)18-13-16(25)11-12-20(18)27-23(29)24(3,4)5/h7-14H,6H2,1-5H3. The van der Waals surface area contributed by atoms with E-state index in [2.05, 4.69) is 51.6 Å². The number of aryl methyl sites for hydroxylation is 1. The Bertz CT molecular complexity index is 1360. The number of aromatic nitrogens is 3. The summed E-state index contributed by atoms with van der Waals surface area (Å²) in [5.74, 6) is 0.635. The normalized spacial score (nSPS) is 12.5. The van der Waals surface area contributed by atoms with Crippen LogP contribution in [0.4, 0.5) is 0 Å². The minimum atomic E-state index is -0.343. The third kappa shape index (κ3) is 3.39. The molecule has 0 atom stereocenters. The van der Waals surface area contributed by atoms with E-state index in [1.807, 2.05) is 45.0 Å². The van der Waals surface area contributed by atoms with Crippen LogP contribution in [-0.2, 0) is 12.0 Å². The molecular weight excluding hydrogens is 440 g/mol. The lowest BCUT2D eigenvalue weighted by atomic mass is 9.95. The van der Waals surface area contributed by atoms with Gasteiger partial charge in [0, 0.05) is 38.6 Å². The monoisotopic (exact) mass is 464 g/mol. The fourth-order valence-corrected chi connectivity index (χ4v) is 4.25. The van der Waals surface area contributed by atoms with E-state index in [9.17, 15) is 4.79 Å². The number of benzene rings is 2. The fraction of sp³-hybridized carbons (Fsp3) is 0.292. The zero-order valence-electron chi connectivity index (χ0n) is 17.9. The SMILES string of the molecule is CCn1c(C)c(C=Nn2c(C(C)(C)C)nc3ccc(Br)cc3c2=O)c2ccccc21. The van der Waals surface area contributed by atoms with Crippen molar-refractivity contribution in [2.45, 2.75) is 46.6 Å². The fourth-order valence-electron chi connectivity index (χ4n) is 3.89. The van der Waals surface area contributed by atoms with Crippen LogP contribution in [0.15, 0.2) is 56.8 Å². The highest BCUT2D eigenvalue weighted by Crippen LogP contribution is 2.26. The molecule has 0 unspecified atom stereocenters. The van der Waals surface area contributed by atoms with Crippen molar-refractivity contribution in [3.05, 3.63) is 74.4 Å². The van der Waals surface area contributed by atoms with E-state index in [4.69, 9.17) is 4.98 Å². The van der Waals surface area contributed by atoms with Gasteiger partial charge in [-0.2, -0.15) is 9.78 Å². The number of hydrogen-bond acceptors (Lipinski definition) is 3. The number of rotatable bonds is 3. The quantitative estimate of drug-likeness (QED) is 0.369. The van der Waals surface area contributed by atoms with E-state index in [1.165, 1.54) is 10.2 Å². The Morgan fingerprint density at radius 1 is 1.13 bits per heavy atom. The van der Waals surface area contributed by atoms with Gasteiger partial charge >= 0.3 is 0 Å². The summed E-state index contributed by atoms with van der Waals surface area (Å²) >= 11 is 3.46. The van der Waals surface area contributed by atoms with Crippen LogP contribution >= 0.6 is 15.9 Å². The molecule has 4 aromatic rings. The van der Waals surface area contributed by atoms with Gasteiger partial charge in [-0.15, -0.1) is 0 Å². The molecule has 0 fully saturated rings. The van der Waals surface area contributed by atoms with Crippen LogP contribution in [0.3, 0.4) is 0 Å². The summed E-state index contributed by atoms with van der Waals surface area (Å²) in [6, 6.07) is 13.9. The van der Waals surface area contributed by atoms with Crippen LogP contribution in [0.5, 0.6) is 0 Å². The first kappa shape index (κ1) is 20.5. The molecule has 4 rings (SSSR count). The molecule has 154 valence electrons. The highest BCUT2D eigenvalue weighted by atomic mass is 79.9. The average molecular weight is 465 g/mol. The predicted octanol–water partition coefficient (Wildman–Crippen LogP) is 5.62. The molecule has 0 spiro atoms. The Balaban J connectivity index is 1.98. The molecule has 5 nitrogen and oxygen atoms in total. The Hall–Kier alpha value is -2.73. The molecule has 0 amide bonds. The van der Waals surface area contributed by atoms with Gasteiger partial charge in [-0.05, 0) is 38.1 Å². The van der Waals surface area contributed by atoms with E-state index >= 15 is 0 Å². The van der Waals surface area contributed by atoms with Gasteiger partial charge < -0.3 is 4.57 Å². The van der Waals surface area contributed by atoms with Gasteiger partial charge in [0.15, 0.2) is 0 Å². The maximum absolute atomic E-state index is 13.4. The van der Waals surface area contributed by atoms with E-state index in [-0.39, 0.29) is 11.0 Å². The minimum absolute atomic E-state index is 0.167. The number of fused-ring (bicyclic) bond motifs is 2. The summed E-state index contributed by atoms with van der Waals surface area (Å²) in [5, 5.41) is 6.34. The summed E-state index contributed by atoms with van der Waals surface area (Å²) in [5.41, 5.74) is 3.49. The van der Waals surface area contributed by atoms with Gasteiger partial charge in [-0.1, -0.05) is 54.9 Å². The van der Waals surface area contributed by atoms with Gasteiger partial charge in [0.25, 0.3) is 5.56 Å². The van der Waals surface area contributed by atoms with Crippen molar-refractivity contribution >= 4 is 44.0 Å². The minimum Gasteiger partial charge on any atom is -0.344 e. The number of hydrogen-bond donors (Lipinski definition) is 0. The highest BCUT2D eigenvalue weighted by Gasteiger charge is 2.23. The average Bonchev–Trinajstić information content (AvgIpc) is 2.97. The summed E-state index contributed by atoms with van der Waals surface area (Å²) in [6.45, 7) is 11.2. The number of para-hydroxylation sites is 1. The van der Waals surface area contributed by atoms with Gasteiger partial charge in [-0.25, -0.2) is 4.98 Å². The molecule has 0 aliphatic carbocycles. The van der Waals surface area contributed by atoms with Crippen LogP contribution in [0.1, 0.15) is 44.8 Å². The van der Waals surface area contributed by atoms with E-state index in [0.29, 0.717) is 16.7 Å². The van der Waals surface area contributed by atoms with Crippen LogP contribution in [0, 0.1) is 6.92 Å². The second-order valence-corrected chi connectivity index (χ2v) is 9.38. The first-order valence-corrected chi connectivity index (χ1v) is 10.9. The molecule has 0 N–H and O–H groups in total. The van der Waals surface area contributed by atoms with Crippen LogP contribution in [0.25, 0.3) is 21.8 Å². The second kappa shape index (κ2) is 7.51. The van der Waals surface area contributed by atoms with E-state index < -0.39 is 0 Å². The van der Waals surface area contributed by atoms with Crippen molar-refractivity contribution in [2.24, 2.45) is 5.10 Å². The van der Waals surface area contributed by atoms with Gasteiger partial charge in [-0.3, -0.25) is 4.79 Å². The Morgan fingerprint density at radius 2 is 1.87 bits per heavy atom. The molecule has 0 radical (unpaired) electrons. The molecule has 0 bridgehead atoms. The molecule has 6 heteroatoms. The molecule has 0 aliphatic heterocycles. The van der Waals surface area contributed by atoms with Crippen molar-refractivity contribution in [1.82, 2.24) is 14.2 Å². The first-order chi connectivity index (χ1) is 14.2. The largest absolute Gasteiger partial charge is 0.344 e. The lowest BCUT2D eigenvalue weighted by molar-refractivity contribution is 0.506. The molecule has 0 saturated heterocycles.